The molecule has 0 radical (unpaired) electrons. The molecule has 1 aliphatic heterocycles. The van der Waals surface area contributed by atoms with Crippen LogP contribution in [0.1, 0.15) is 5.56 Å². The Hall–Kier alpha value is -0.890. The first-order valence-electron chi connectivity index (χ1n) is 3.52. The molecule has 56 valence electrons. The number of fused-ring (bicyclic) bond motifs is 1. The van der Waals surface area contributed by atoms with Crippen molar-refractivity contribution in [3.05, 3.63) is 28.8 Å². The molecule has 1 aromatic carbocycles. The number of rotatable bonds is 0. The predicted molar refractivity (Wildman–Crippen MR) is 44.5 cm³/mol. The van der Waals surface area contributed by atoms with E-state index in [1.807, 2.05) is 18.2 Å². The van der Waals surface area contributed by atoms with Crippen LogP contribution < -0.4 is 0 Å². The van der Waals surface area contributed by atoms with Gasteiger partial charge in [0.2, 0.25) is 0 Å². The summed E-state index contributed by atoms with van der Waals surface area (Å²) in [5, 5.41) is 8.65. The molecule has 0 atom stereocenters. The molecule has 0 N–H and O–H groups in total. The van der Waals surface area contributed by atoms with Crippen LogP contribution in [0, 0.1) is 0 Å². The lowest BCUT2D eigenvalue weighted by molar-refractivity contribution is 0.863. The van der Waals surface area contributed by atoms with Crippen LogP contribution in [0.3, 0.4) is 0 Å². The molecule has 0 unspecified atom stereocenters. The molecule has 1 heterocycles. The van der Waals surface area contributed by atoms with Gasteiger partial charge in [0.15, 0.2) is 0 Å². The van der Waals surface area contributed by atoms with Crippen molar-refractivity contribution >= 4 is 17.3 Å². The van der Waals surface area contributed by atoms with Crippen LogP contribution in [0.25, 0.3) is 0 Å². The van der Waals surface area contributed by atoms with Crippen molar-refractivity contribution in [1.29, 1.82) is 0 Å². The molecule has 0 bridgehead atoms. The molecular formula is C8H7ClN2. The normalized spacial score (nSPS) is 14.6. The van der Waals surface area contributed by atoms with Crippen LogP contribution >= 0.6 is 11.6 Å². The quantitative estimate of drug-likeness (QED) is 0.566. The van der Waals surface area contributed by atoms with Gasteiger partial charge in [-0.2, -0.15) is 10.2 Å². The van der Waals surface area contributed by atoms with E-state index < -0.39 is 0 Å². The van der Waals surface area contributed by atoms with Crippen molar-refractivity contribution in [2.24, 2.45) is 10.2 Å². The molecule has 3 heteroatoms. The van der Waals surface area contributed by atoms with Crippen molar-refractivity contribution in [1.82, 2.24) is 0 Å². The molecule has 0 saturated carbocycles. The standard InChI is InChI=1S/C8H7ClN2/c9-7-2-1-6-3-4-10-11-8(6)5-7/h1-2,5H,3-4H2. The van der Waals surface area contributed by atoms with E-state index in [1.165, 1.54) is 5.56 Å². The van der Waals surface area contributed by atoms with Crippen LogP contribution in [0.5, 0.6) is 0 Å². The lowest BCUT2D eigenvalue weighted by Crippen LogP contribution is -1.93. The van der Waals surface area contributed by atoms with Gasteiger partial charge < -0.3 is 0 Å². The maximum Gasteiger partial charge on any atom is 0.0899 e. The minimum absolute atomic E-state index is 0.726. The number of nitrogens with zero attached hydrogens (tertiary/aromatic N) is 2. The summed E-state index contributed by atoms with van der Waals surface area (Å²) in [6.07, 6.45) is 0.982. The highest BCUT2D eigenvalue weighted by atomic mass is 35.5. The third kappa shape index (κ3) is 1.26. The summed E-state index contributed by atoms with van der Waals surface area (Å²) in [5.74, 6) is 0. The molecule has 2 rings (SSSR count). The molecule has 0 aliphatic carbocycles. The Morgan fingerprint density at radius 2 is 2.27 bits per heavy atom. The van der Waals surface area contributed by atoms with E-state index >= 15 is 0 Å². The van der Waals surface area contributed by atoms with Gasteiger partial charge in [-0.15, -0.1) is 0 Å². The number of azo groups is 1. The first kappa shape index (κ1) is 6.80. The summed E-state index contributed by atoms with van der Waals surface area (Å²) in [4.78, 5) is 0. The minimum Gasteiger partial charge on any atom is -0.188 e. The number of halogens is 1. The van der Waals surface area contributed by atoms with Gasteiger partial charge in [-0.05, 0) is 24.1 Å². The summed E-state index contributed by atoms with van der Waals surface area (Å²) in [7, 11) is 0. The van der Waals surface area contributed by atoms with E-state index in [1.54, 1.807) is 0 Å². The highest BCUT2D eigenvalue weighted by molar-refractivity contribution is 6.30. The molecule has 0 spiro atoms. The zero-order chi connectivity index (χ0) is 7.68. The second-order valence-electron chi connectivity index (χ2n) is 2.49. The minimum atomic E-state index is 0.726. The van der Waals surface area contributed by atoms with E-state index in [0.29, 0.717) is 0 Å². The second-order valence-corrected chi connectivity index (χ2v) is 2.92. The molecule has 1 aromatic rings. The van der Waals surface area contributed by atoms with Crippen LogP contribution in [0.15, 0.2) is 28.4 Å². The summed E-state index contributed by atoms with van der Waals surface area (Å²) in [5.41, 5.74) is 2.16. The fourth-order valence-corrected chi connectivity index (χ4v) is 1.30. The lowest BCUT2D eigenvalue weighted by atomic mass is 10.1. The van der Waals surface area contributed by atoms with Gasteiger partial charge in [-0.1, -0.05) is 17.7 Å². The third-order valence-corrected chi connectivity index (χ3v) is 1.94. The Morgan fingerprint density at radius 1 is 1.36 bits per heavy atom. The van der Waals surface area contributed by atoms with Crippen LogP contribution in [-0.4, -0.2) is 6.54 Å². The first-order valence-corrected chi connectivity index (χ1v) is 3.90. The van der Waals surface area contributed by atoms with E-state index in [2.05, 4.69) is 10.2 Å². The molecular weight excluding hydrogens is 160 g/mol. The van der Waals surface area contributed by atoms with Gasteiger partial charge in [0.05, 0.1) is 12.2 Å². The maximum atomic E-state index is 5.77. The smallest absolute Gasteiger partial charge is 0.0899 e. The third-order valence-electron chi connectivity index (χ3n) is 1.71. The Morgan fingerprint density at radius 3 is 3.18 bits per heavy atom. The zero-order valence-electron chi connectivity index (χ0n) is 5.92. The Labute approximate surface area is 69.9 Å². The largest absolute Gasteiger partial charge is 0.188 e. The van der Waals surface area contributed by atoms with E-state index in [0.717, 1.165) is 23.7 Å². The van der Waals surface area contributed by atoms with Crippen LogP contribution in [0.4, 0.5) is 5.69 Å². The summed E-state index contributed by atoms with van der Waals surface area (Å²) < 4.78 is 0. The molecule has 0 amide bonds. The summed E-state index contributed by atoms with van der Waals surface area (Å²) in [6.45, 7) is 0.800. The molecule has 2 nitrogen and oxygen atoms in total. The summed E-state index contributed by atoms with van der Waals surface area (Å²) >= 11 is 5.77. The van der Waals surface area contributed by atoms with Gasteiger partial charge in [0, 0.05) is 5.02 Å². The van der Waals surface area contributed by atoms with Crippen molar-refractivity contribution in [2.75, 3.05) is 6.54 Å². The SMILES string of the molecule is Clc1ccc2c(c1)N=NCC2. The van der Waals surface area contributed by atoms with Crippen LogP contribution in [-0.2, 0) is 6.42 Å². The van der Waals surface area contributed by atoms with Crippen molar-refractivity contribution in [3.8, 4) is 0 Å². The Balaban J connectivity index is 2.54. The van der Waals surface area contributed by atoms with Crippen molar-refractivity contribution in [2.45, 2.75) is 6.42 Å². The van der Waals surface area contributed by atoms with Gasteiger partial charge >= 0.3 is 0 Å². The monoisotopic (exact) mass is 166 g/mol. The van der Waals surface area contributed by atoms with E-state index in [-0.39, 0.29) is 0 Å². The van der Waals surface area contributed by atoms with Gasteiger partial charge in [0.25, 0.3) is 0 Å². The topological polar surface area (TPSA) is 24.7 Å². The number of benzene rings is 1. The fourth-order valence-electron chi connectivity index (χ4n) is 1.14. The second kappa shape index (κ2) is 2.62. The number of hydrogen-bond donors (Lipinski definition) is 0. The van der Waals surface area contributed by atoms with Gasteiger partial charge in [-0.3, -0.25) is 0 Å². The predicted octanol–water partition coefficient (Wildman–Crippen LogP) is 2.98. The highest BCUT2D eigenvalue weighted by Gasteiger charge is 2.05. The lowest BCUT2D eigenvalue weighted by Gasteiger charge is -2.07. The fraction of sp³-hybridized carbons (Fsp3) is 0.250. The highest BCUT2D eigenvalue weighted by Crippen LogP contribution is 2.26. The molecule has 0 aromatic heterocycles. The molecule has 1 aliphatic rings. The Bertz CT molecular complexity index is 307. The van der Waals surface area contributed by atoms with Crippen molar-refractivity contribution < 1.29 is 0 Å². The van der Waals surface area contributed by atoms with E-state index in [9.17, 15) is 0 Å². The first-order chi connectivity index (χ1) is 5.36. The van der Waals surface area contributed by atoms with E-state index in [4.69, 9.17) is 11.6 Å². The molecule has 0 fully saturated rings. The zero-order valence-corrected chi connectivity index (χ0v) is 6.67. The average molecular weight is 167 g/mol. The Kier molecular flexibility index (Phi) is 1.62. The van der Waals surface area contributed by atoms with Crippen molar-refractivity contribution in [3.63, 3.8) is 0 Å². The molecule has 11 heavy (non-hydrogen) atoms. The van der Waals surface area contributed by atoms with Gasteiger partial charge in [0.1, 0.15) is 0 Å². The maximum absolute atomic E-state index is 5.77. The summed E-state index contributed by atoms with van der Waals surface area (Å²) in [6, 6.07) is 5.75. The molecule has 0 saturated heterocycles. The van der Waals surface area contributed by atoms with Crippen LogP contribution in [0.2, 0.25) is 5.02 Å². The van der Waals surface area contributed by atoms with Gasteiger partial charge in [-0.25, -0.2) is 0 Å². The number of hydrogen-bond acceptors (Lipinski definition) is 2. The average Bonchev–Trinajstić information content (AvgIpc) is 2.04.